The van der Waals surface area contributed by atoms with Gasteiger partial charge in [-0.3, -0.25) is 9.59 Å². The van der Waals surface area contributed by atoms with Gasteiger partial charge < -0.3 is 29.6 Å². The van der Waals surface area contributed by atoms with E-state index < -0.39 is 11.6 Å². The van der Waals surface area contributed by atoms with Crippen molar-refractivity contribution >= 4 is 29.3 Å². The molecular formula is C37H47N3O7. The van der Waals surface area contributed by atoms with Crippen LogP contribution in [0.2, 0.25) is 0 Å². The average molecular weight is 646 g/mol. The summed E-state index contributed by atoms with van der Waals surface area (Å²) in [4.78, 5) is 43.6. The van der Waals surface area contributed by atoms with Crippen LogP contribution in [-0.4, -0.2) is 55.1 Å². The third-order valence-electron chi connectivity index (χ3n) is 7.11. The molecule has 0 aliphatic carbocycles. The van der Waals surface area contributed by atoms with Crippen LogP contribution in [0.4, 0.5) is 5.69 Å². The summed E-state index contributed by atoms with van der Waals surface area (Å²) in [7, 11) is 0. The van der Waals surface area contributed by atoms with Crippen LogP contribution in [0.15, 0.2) is 77.8 Å². The Bertz CT molecular complexity index is 1500. The number of aliphatic imine (C=N–C) groups is 1. The average Bonchev–Trinajstić information content (AvgIpc) is 3.04. The molecule has 0 aromatic heterocycles. The van der Waals surface area contributed by atoms with Gasteiger partial charge in [0.2, 0.25) is 5.91 Å². The number of nitrogens with zero attached hydrogens (tertiary/aromatic N) is 2. The van der Waals surface area contributed by atoms with E-state index >= 15 is 0 Å². The van der Waals surface area contributed by atoms with E-state index in [4.69, 9.17) is 24.7 Å². The van der Waals surface area contributed by atoms with Crippen LogP contribution >= 0.6 is 0 Å². The molecule has 3 aromatic rings. The smallest absolute Gasteiger partial charge is 0.349 e. The van der Waals surface area contributed by atoms with Crippen LogP contribution in [-0.2, 0) is 14.3 Å². The summed E-state index contributed by atoms with van der Waals surface area (Å²) in [6.07, 6.45) is 2.77. The number of anilines is 1. The second-order valence-corrected chi connectivity index (χ2v) is 11.6. The normalized spacial score (nSPS) is 11.6. The number of nitrogens with two attached hydrogens (primary N) is 1. The van der Waals surface area contributed by atoms with Crippen molar-refractivity contribution in [3.63, 3.8) is 0 Å². The zero-order valence-corrected chi connectivity index (χ0v) is 28.3. The highest BCUT2D eigenvalue weighted by molar-refractivity contribution is 6.08. The molecule has 252 valence electrons. The van der Waals surface area contributed by atoms with Gasteiger partial charge >= 0.3 is 5.97 Å². The highest BCUT2D eigenvalue weighted by Crippen LogP contribution is 2.32. The van der Waals surface area contributed by atoms with E-state index in [1.165, 1.54) is 0 Å². The first kappa shape index (κ1) is 36.6. The van der Waals surface area contributed by atoms with E-state index in [0.29, 0.717) is 42.3 Å². The van der Waals surface area contributed by atoms with Crippen molar-refractivity contribution in [1.82, 2.24) is 0 Å². The van der Waals surface area contributed by atoms with Gasteiger partial charge in [0.05, 0.1) is 25.4 Å². The third-order valence-corrected chi connectivity index (χ3v) is 7.11. The van der Waals surface area contributed by atoms with Gasteiger partial charge in [0.1, 0.15) is 23.1 Å². The van der Waals surface area contributed by atoms with Crippen LogP contribution in [0.1, 0.15) is 83.1 Å². The fourth-order valence-corrected chi connectivity index (χ4v) is 4.60. The first-order valence-electron chi connectivity index (χ1n) is 16.1. The lowest BCUT2D eigenvalue weighted by atomic mass is 10.1. The molecule has 3 rings (SSSR count). The zero-order valence-electron chi connectivity index (χ0n) is 28.3. The summed E-state index contributed by atoms with van der Waals surface area (Å²) in [6.45, 7) is 11.8. The van der Waals surface area contributed by atoms with Gasteiger partial charge in [0.25, 0.3) is 5.91 Å². The molecule has 47 heavy (non-hydrogen) atoms. The Labute approximate surface area is 277 Å². The number of rotatable bonds is 17. The second kappa shape index (κ2) is 17.7. The standard InChI is InChI=1S/C37H47N3O7/c1-7-33(41)39-34(38)27-17-19-29(20-18-27)45-23-13-10-14-24-46-30-21-22-31(32(25-30)47-37(5,6)36(43)44-8-2)35(42)40(26(3)4)28-15-11-9-12-16-28/h9,11-12,15-22,25-26H,7-8,10,13-14,23-24H2,1-6H3,(H2,38,39,41). The van der Waals surface area contributed by atoms with Crippen LogP contribution in [0.25, 0.3) is 0 Å². The highest BCUT2D eigenvalue weighted by Gasteiger charge is 2.34. The minimum absolute atomic E-state index is 0.133. The molecule has 2 N–H and O–H groups in total. The maximum atomic E-state index is 13.9. The number of para-hydroxylation sites is 1. The summed E-state index contributed by atoms with van der Waals surface area (Å²) in [6, 6.07) is 21.5. The molecule has 10 nitrogen and oxygen atoms in total. The molecule has 2 amide bonds. The van der Waals surface area contributed by atoms with Crippen LogP contribution in [0.3, 0.4) is 0 Å². The number of amidine groups is 1. The van der Waals surface area contributed by atoms with E-state index in [-0.39, 0.29) is 36.0 Å². The number of benzene rings is 3. The number of esters is 1. The maximum Gasteiger partial charge on any atom is 0.349 e. The summed E-state index contributed by atoms with van der Waals surface area (Å²) >= 11 is 0. The molecule has 10 heteroatoms. The van der Waals surface area contributed by atoms with Crippen molar-refractivity contribution in [2.45, 2.75) is 78.9 Å². The number of amides is 2. The summed E-state index contributed by atoms with van der Waals surface area (Å²) < 4.78 is 23.2. The number of ether oxygens (including phenoxy) is 4. The van der Waals surface area contributed by atoms with Gasteiger partial charge in [-0.2, -0.15) is 4.99 Å². The number of hydrogen-bond donors (Lipinski definition) is 1. The Balaban J connectivity index is 1.61. The minimum Gasteiger partial charge on any atom is -0.494 e. The molecule has 0 fully saturated rings. The van der Waals surface area contributed by atoms with E-state index in [1.54, 1.807) is 75.1 Å². The molecule has 0 saturated heterocycles. The Morgan fingerprint density at radius 3 is 2.06 bits per heavy atom. The lowest BCUT2D eigenvalue weighted by Gasteiger charge is -2.30. The van der Waals surface area contributed by atoms with Crippen molar-refractivity contribution in [3.05, 3.63) is 83.9 Å². The molecule has 0 heterocycles. The van der Waals surface area contributed by atoms with Crippen LogP contribution in [0.5, 0.6) is 17.2 Å². The largest absolute Gasteiger partial charge is 0.494 e. The Hall–Kier alpha value is -4.86. The minimum atomic E-state index is -1.34. The number of carbonyl (C=O) groups is 3. The first-order valence-corrected chi connectivity index (χ1v) is 16.1. The van der Waals surface area contributed by atoms with Gasteiger partial charge in [-0.15, -0.1) is 0 Å². The number of carbonyl (C=O) groups excluding carboxylic acids is 3. The molecule has 0 spiro atoms. The van der Waals surface area contributed by atoms with E-state index in [2.05, 4.69) is 4.99 Å². The zero-order chi connectivity index (χ0) is 34.4. The molecule has 0 aliphatic heterocycles. The lowest BCUT2D eigenvalue weighted by Crippen LogP contribution is -2.41. The van der Waals surface area contributed by atoms with Gasteiger partial charge in [-0.05, 0) is 102 Å². The van der Waals surface area contributed by atoms with Crippen molar-refractivity contribution in [3.8, 4) is 17.2 Å². The van der Waals surface area contributed by atoms with Crippen LogP contribution < -0.4 is 24.8 Å². The van der Waals surface area contributed by atoms with E-state index in [1.807, 2.05) is 44.2 Å². The Morgan fingerprint density at radius 1 is 0.851 bits per heavy atom. The third kappa shape index (κ3) is 10.9. The number of hydrogen-bond acceptors (Lipinski definition) is 7. The second-order valence-electron chi connectivity index (χ2n) is 11.6. The van der Waals surface area contributed by atoms with Crippen molar-refractivity contribution in [2.24, 2.45) is 10.7 Å². The van der Waals surface area contributed by atoms with Crippen molar-refractivity contribution in [1.29, 1.82) is 0 Å². The fourth-order valence-electron chi connectivity index (χ4n) is 4.60. The van der Waals surface area contributed by atoms with Crippen LogP contribution in [0, 0.1) is 0 Å². The number of unbranched alkanes of at least 4 members (excludes halogenated alkanes) is 2. The van der Waals surface area contributed by atoms with Gasteiger partial charge in [0.15, 0.2) is 5.60 Å². The van der Waals surface area contributed by atoms with Gasteiger partial charge in [-0.1, -0.05) is 25.1 Å². The molecule has 0 unspecified atom stereocenters. The molecule has 0 radical (unpaired) electrons. The van der Waals surface area contributed by atoms with Crippen molar-refractivity contribution in [2.75, 3.05) is 24.7 Å². The quantitative estimate of drug-likeness (QED) is 0.0740. The SMILES string of the molecule is CCOC(=O)C(C)(C)Oc1cc(OCCCCCOc2ccc(C(N)=NC(=O)CC)cc2)ccc1C(=O)N(c1ccccc1)C(C)C. The molecular weight excluding hydrogens is 598 g/mol. The molecule has 3 aromatic carbocycles. The van der Waals surface area contributed by atoms with Gasteiger partial charge in [-0.25, -0.2) is 4.79 Å². The first-order chi connectivity index (χ1) is 22.5. The summed E-state index contributed by atoms with van der Waals surface area (Å²) in [5, 5.41) is 0. The van der Waals surface area contributed by atoms with E-state index in [0.717, 1.165) is 24.9 Å². The molecule has 0 aliphatic rings. The lowest BCUT2D eigenvalue weighted by molar-refractivity contribution is -0.158. The Morgan fingerprint density at radius 2 is 1.47 bits per heavy atom. The molecule has 0 atom stereocenters. The summed E-state index contributed by atoms with van der Waals surface area (Å²) in [5.74, 6) is 0.593. The molecule has 0 saturated carbocycles. The van der Waals surface area contributed by atoms with Crippen molar-refractivity contribution < 1.29 is 33.3 Å². The Kier molecular flexibility index (Phi) is 13.8. The predicted molar refractivity (Wildman–Crippen MR) is 183 cm³/mol. The van der Waals surface area contributed by atoms with E-state index in [9.17, 15) is 14.4 Å². The highest BCUT2D eigenvalue weighted by atomic mass is 16.6. The summed E-state index contributed by atoms with van der Waals surface area (Å²) in [5.41, 5.74) is 6.28. The van der Waals surface area contributed by atoms with Gasteiger partial charge in [0, 0.05) is 29.8 Å². The topological polar surface area (TPSA) is 130 Å². The fraction of sp³-hybridized carbons (Fsp3) is 0.405. The monoisotopic (exact) mass is 645 g/mol. The predicted octanol–water partition coefficient (Wildman–Crippen LogP) is 6.73. The molecule has 0 bridgehead atoms. The maximum absolute atomic E-state index is 13.9.